The number of carbonyl (C=O) groups is 2. The standard InChI is InChI=1S/C15H22O5/c1-5-15(2,3)14(17)20-12-8-6-7-9(10(8)18-4)13(16)19-11(7)12/h7-12H,5-6H2,1-4H3. The lowest BCUT2D eigenvalue weighted by molar-refractivity contribution is -0.172. The van der Waals surface area contributed by atoms with Gasteiger partial charge < -0.3 is 14.2 Å². The third kappa shape index (κ3) is 1.72. The van der Waals surface area contributed by atoms with Crippen LogP contribution in [0, 0.1) is 23.2 Å². The Labute approximate surface area is 118 Å². The van der Waals surface area contributed by atoms with E-state index in [0.29, 0.717) is 6.42 Å². The Morgan fingerprint density at radius 2 is 2.05 bits per heavy atom. The summed E-state index contributed by atoms with van der Waals surface area (Å²) in [6, 6.07) is 0. The maximum atomic E-state index is 12.3. The van der Waals surface area contributed by atoms with E-state index in [1.165, 1.54) is 0 Å². The first-order valence-electron chi connectivity index (χ1n) is 7.35. The molecule has 6 atom stereocenters. The van der Waals surface area contributed by atoms with Gasteiger partial charge in [0.05, 0.1) is 17.4 Å². The monoisotopic (exact) mass is 282 g/mol. The van der Waals surface area contributed by atoms with Gasteiger partial charge in [-0.05, 0) is 26.7 Å². The minimum Gasteiger partial charge on any atom is -0.458 e. The second kappa shape index (κ2) is 4.45. The van der Waals surface area contributed by atoms with Crippen molar-refractivity contribution in [2.75, 3.05) is 7.11 Å². The summed E-state index contributed by atoms with van der Waals surface area (Å²) in [5.74, 6) is -0.332. The molecule has 3 fully saturated rings. The van der Waals surface area contributed by atoms with Gasteiger partial charge in [0.25, 0.3) is 0 Å². The van der Waals surface area contributed by atoms with Gasteiger partial charge in [0.2, 0.25) is 0 Å². The Morgan fingerprint density at radius 3 is 2.65 bits per heavy atom. The lowest BCUT2D eigenvalue weighted by Crippen LogP contribution is -2.45. The first-order valence-corrected chi connectivity index (χ1v) is 7.35. The number of hydrogen-bond acceptors (Lipinski definition) is 5. The maximum absolute atomic E-state index is 12.3. The molecule has 5 nitrogen and oxygen atoms in total. The molecule has 0 amide bonds. The Balaban J connectivity index is 1.79. The molecule has 1 heterocycles. The van der Waals surface area contributed by atoms with Crippen LogP contribution >= 0.6 is 0 Å². The predicted octanol–water partition coefficient (Wildman–Crippen LogP) is 1.54. The van der Waals surface area contributed by atoms with E-state index in [1.54, 1.807) is 7.11 Å². The highest BCUT2D eigenvalue weighted by Crippen LogP contribution is 2.56. The van der Waals surface area contributed by atoms with Gasteiger partial charge in [0, 0.05) is 18.9 Å². The van der Waals surface area contributed by atoms with Crippen LogP contribution in [0.25, 0.3) is 0 Å². The van der Waals surface area contributed by atoms with Gasteiger partial charge in [-0.3, -0.25) is 9.59 Å². The Morgan fingerprint density at radius 1 is 1.35 bits per heavy atom. The molecule has 6 unspecified atom stereocenters. The molecule has 1 aliphatic heterocycles. The van der Waals surface area contributed by atoms with Crippen LogP contribution in [0.4, 0.5) is 0 Å². The van der Waals surface area contributed by atoms with Crippen molar-refractivity contribution < 1.29 is 23.8 Å². The average molecular weight is 282 g/mol. The second-order valence-corrected chi connectivity index (χ2v) is 6.80. The summed E-state index contributed by atoms with van der Waals surface area (Å²) in [6.45, 7) is 5.71. The van der Waals surface area contributed by atoms with Crippen molar-refractivity contribution in [1.82, 2.24) is 0 Å². The van der Waals surface area contributed by atoms with Crippen molar-refractivity contribution in [2.45, 2.75) is 51.9 Å². The third-order valence-electron chi connectivity index (χ3n) is 5.43. The van der Waals surface area contributed by atoms with Crippen LogP contribution in [0.5, 0.6) is 0 Å². The number of rotatable bonds is 4. The van der Waals surface area contributed by atoms with Crippen LogP contribution < -0.4 is 0 Å². The number of carbonyl (C=O) groups excluding carboxylic acids is 2. The van der Waals surface area contributed by atoms with Gasteiger partial charge in [0.15, 0.2) is 0 Å². The van der Waals surface area contributed by atoms with Gasteiger partial charge >= 0.3 is 11.9 Å². The Bertz CT molecular complexity index is 444. The highest BCUT2D eigenvalue weighted by Gasteiger charge is 2.68. The van der Waals surface area contributed by atoms with Crippen LogP contribution in [0.3, 0.4) is 0 Å². The lowest BCUT2D eigenvalue weighted by atomic mass is 9.85. The number of ether oxygens (including phenoxy) is 3. The highest BCUT2D eigenvalue weighted by atomic mass is 16.6. The van der Waals surface area contributed by atoms with E-state index >= 15 is 0 Å². The maximum Gasteiger partial charge on any atom is 0.312 e. The molecule has 2 bridgehead atoms. The molecule has 0 spiro atoms. The minimum atomic E-state index is -0.508. The molecule has 0 radical (unpaired) electrons. The molecule has 0 aromatic carbocycles. The molecule has 0 N–H and O–H groups in total. The quantitative estimate of drug-likeness (QED) is 0.732. The zero-order valence-corrected chi connectivity index (χ0v) is 12.4. The number of hydrogen-bond donors (Lipinski definition) is 0. The number of fused-ring (bicyclic) bond motifs is 1. The first-order chi connectivity index (χ1) is 9.40. The van der Waals surface area contributed by atoms with Crippen LogP contribution in [0.2, 0.25) is 0 Å². The van der Waals surface area contributed by atoms with Crippen LogP contribution in [0.15, 0.2) is 0 Å². The van der Waals surface area contributed by atoms with Gasteiger partial charge in [-0.1, -0.05) is 6.92 Å². The predicted molar refractivity (Wildman–Crippen MR) is 69.7 cm³/mol. The fourth-order valence-electron chi connectivity index (χ4n) is 3.83. The average Bonchev–Trinajstić information content (AvgIpc) is 3.01. The van der Waals surface area contributed by atoms with Gasteiger partial charge in [-0.25, -0.2) is 0 Å². The molecule has 0 aromatic rings. The van der Waals surface area contributed by atoms with Crippen molar-refractivity contribution in [1.29, 1.82) is 0 Å². The SMILES string of the molecule is CCC(C)(C)C(=O)OC1C2CC3C1OC(=O)C3C2OC. The fourth-order valence-corrected chi connectivity index (χ4v) is 3.83. The first kappa shape index (κ1) is 13.9. The van der Waals surface area contributed by atoms with E-state index < -0.39 is 5.41 Å². The molecular weight excluding hydrogens is 260 g/mol. The van der Waals surface area contributed by atoms with Gasteiger partial charge in [-0.15, -0.1) is 0 Å². The molecule has 3 rings (SSSR count). The van der Waals surface area contributed by atoms with Crippen molar-refractivity contribution in [3.8, 4) is 0 Å². The Kier molecular flexibility index (Phi) is 3.08. The minimum absolute atomic E-state index is 0.0862. The highest BCUT2D eigenvalue weighted by molar-refractivity contribution is 5.79. The van der Waals surface area contributed by atoms with E-state index in [4.69, 9.17) is 14.2 Å². The molecule has 1 saturated heterocycles. The molecule has 2 saturated carbocycles. The zero-order chi connectivity index (χ0) is 14.7. The molecular formula is C15H22O5. The van der Waals surface area contributed by atoms with Crippen LogP contribution in [-0.2, 0) is 23.8 Å². The third-order valence-corrected chi connectivity index (χ3v) is 5.43. The van der Waals surface area contributed by atoms with Gasteiger partial charge in [-0.2, -0.15) is 0 Å². The van der Waals surface area contributed by atoms with Crippen LogP contribution in [0.1, 0.15) is 33.6 Å². The van der Waals surface area contributed by atoms with Crippen molar-refractivity contribution in [2.24, 2.45) is 23.2 Å². The van der Waals surface area contributed by atoms with Crippen molar-refractivity contribution in [3.05, 3.63) is 0 Å². The molecule has 20 heavy (non-hydrogen) atoms. The summed E-state index contributed by atoms with van der Waals surface area (Å²) in [5, 5.41) is 0. The molecule has 2 aliphatic carbocycles. The summed E-state index contributed by atoms with van der Waals surface area (Å²) in [6.07, 6.45) is 0.789. The van der Waals surface area contributed by atoms with E-state index in [-0.39, 0.29) is 48.0 Å². The number of methoxy groups -OCH3 is 1. The topological polar surface area (TPSA) is 61.8 Å². The normalized spacial score (nSPS) is 41.9. The Hall–Kier alpha value is -1.10. The summed E-state index contributed by atoms with van der Waals surface area (Å²) in [5.41, 5.74) is -0.508. The van der Waals surface area contributed by atoms with Crippen molar-refractivity contribution in [3.63, 3.8) is 0 Å². The molecule has 3 aliphatic rings. The molecule has 0 aromatic heterocycles. The van der Waals surface area contributed by atoms with Crippen LogP contribution in [-0.4, -0.2) is 37.4 Å². The van der Waals surface area contributed by atoms with E-state index in [1.807, 2.05) is 20.8 Å². The van der Waals surface area contributed by atoms with Gasteiger partial charge in [0.1, 0.15) is 12.2 Å². The number of esters is 2. The molecule has 5 heteroatoms. The fraction of sp³-hybridized carbons (Fsp3) is 0.867. The second-order valence-electron chi connectivity index (χ2n) is 6.80. The lowest BCUT2D eigenvalue weighted by Gasteiger charge is -2.32. The van der Waals surface area contributed by atoms with E-state index in [9.17, 15) is 9.59 Å². The molecule has 112 valence electrons. The summed E-state index contributed by atoms with van der Waals surface area (Å²) in [7, 11) is 1.61. The van der Waals surface area contributed by atoms with Crippen molar-refractivity contribution >= 4 is 11.9 Å². The summed E-state index contributed by atoms with van der Waals surface area (Å²) in [4.78, 5) is 24.2. The van der Waals surface area contributed by atoms with E-state index in [2.05, 4.69) is 0 Å². The van der Waals surface area contributed by atoms with E-state index in [0.717, 1.165) is 6.42 Å². The summed E-state index contributed by atoms with van der Waals surface area (Å²) >= 11 is 0. The zero-order valence-electron chi connectivity index (χ0n) is 12.4. The smallest absolute Gasteiger partial charge is 0.312 e. The summed E-state index contributed by atoms with van der Waals surface area (Å²) < 4.78 is 16.6. The largest absolute Gasteiger partial charge is 0.458 e.